The van der Waals surface area contributed by atoms with Gasteiger partial charge in [-0.1, -0.05) is 29.8 Å². The number of aromatic amines is 1. The van der Waals surface area contributed by atoms with Crippen molar-refractivity contribution in [2.24, 2.45) is 0 Å². The highest BCUT2D eigenvalue weighted by Crippen LogP contribution is 2.22. The van der Waals surface area contributed by atoms with E-state index in [0.717, 1.165) is 16.6 Å². The van der Waals surface area contributed by atoms with E-state index in [1.54, 1.807) is 0 Å². The van der Waals surface area contributed by atoms with Crippen LogP contribution in [0.1, 0.15) is 21.6 Å². The van der Waals surface area contributed by atoms with Crippen molar-refractivity contribution >= 4 is 34.1 Å². The van der Waals surface area contributed by atoms with E-state index in [9.17, 15) is 10.0 Å². The number of fused-ring (bicyclic) bond motifs is 1. The molecule has 2 aromatic carbocycles. The van der Waals surface area contributed by atoms with Crippen LogP contribution in [0.15, 0.2) is 42.5 Å². The first-order chi connectivity index (χ1) is 12.0. The van der Waals surface area contributed by atoms with Gasteiger partial charge in [0.1, 0.15) is 5.02 Å². The number of carbonyl (C=O) groups is 1. The van der Waals surface area contributed by atoms with E-state index in [1.807, 2.05) is 31.2 Å². The van der Waals surface area contributed by atoms with Crippen molar-refractivity contribution in [2.75, 3.05) is 6.54 Å². The Morgan fingerprint density at radius 3 is 2.84 bits per heavy atom. The van der Waals surface area contributed by atoms with Crippen molar-refractivity contribution in [1.29, 1.82) is 0 Å². The van der Waals surface area contributed by atoms with Crippen LogP contribution in [-0.2, 0) is 6.42 Å². The molecule has 0 fully saturated rings. The normalized spacial score (nSPS) is 12.3. The summed E-state index contributed by atoms with van der Waals surface area (Å²) in [7, 11) is 0. The Hall–Kier alpha value is -2.38. The van der Waals surface area contributed by atoms with Gasteiger partial charge >= 0.3 is 0 Å². The lowest BCUT2D eigenvalue weighted by Gasteiger charge is -2.14. The molecule has 1 aromatic heterocycles. The van der Waals surface area contributed by atoms with Crippen LogP contribution >= 0.6 is 11.6 Å². The number of para-hydroxylation sites is 1. The van der Waals surface area contributed by atoms with Crippen LogP contribution in [-0.4, -0.2) is 22.6 Å². The topological polar surface area (TPSA) is 92.6 Å². The first-order valence-electron chi connectivity index (χ1n) is 7.84. The fourth-order valence-electron chi connectivity index (χ4n) is 2.89. The van der Waals surface area contributed by atoms with Gasteiger partial charge in [-0.2, -0.15) is 5.23 Å². The van der Waals surface area contributed by atoms with Gasteiger partial charge in [0.05, 0.1) is 0 Å². The molecule has 0 spiro atoms. The molecule has 0 aliphatic carbocycles. The van der Waals surface area contributed by atoms with E-state index in [4.69, 9.17) is 16.8 Å². The number of benzene rings is 2. The second-order valence-electron chi connectivity index (χ2n) is 5.78. The Labute approximate surface area is 149 Å². The number of hydrogen-bond acceptors (Lipinski definition) is 3. The van der Waals surface area contributed by atoms with Gasteiger partial charge in [0.25, 0.3) is 5.91 Å². The Balaban J connectivity index is 1.68. The molecule has 0 saturated heterocycles. The zero-order valence-electron chi connectivity index (χ0n) is 13.6. The van der Waals surface area contributed by atoms with Gasteiger partial charge in [-0.05, 0) is 37.1 Å². The van der Waals surface area contributed by atoms with Crippen molar-refractivity contribution in [3.05, 3.63) is 69.5 Å². The van der Waals surface area contributed by atoms with Crippen molar-refractivity contribution in [1.82, 2.24) is 10.3 Å². The fraction of sp³-hybridized carbons (Fsp3) is 0.167. The SMILES string of the molecule is Cc1[nH]c2ccccc2c1CCNC(=O)c1ccc(Cl)c([NH+]([O-])O)c1. The molecule has 7 heteroatoms. The van der Waals surface area contributed by atoms with E-state index < -0.39 is 5.23 Å². The van der Waals surface area contributed by atoms with Gasteiger partial charge in [-0.3, -0.25) is 4.79 Å². The summed E-state index contributed by atoms with van der Waals surface area (Å²) in [4.78, 5) is 15.6. The maximum Gasteiger partial charge on any atom is 0.251 e. The minimum absolute atomic E-state index is 0.0817. The highest BCUT2D eigenvalue weighted by Gasteiger charge is 2.13. The molecule has 0 aliphatic rings. The maximum atomic E-state index is 12.3. The number of nitrogens with one attached hydrogen (secondary N) is 3. The maximum absolute atomic E-state index is 12.3. The third kappa shape index (κ3) is 3.67. The summed E-state index contributed by atoms with van der Waals surface area (Å²) in [5.41, 5.74) is 3.51. The van der Waals surface area contributed by atoms with E-state index in [0.29, 0.717) is 13.0 Å². The van der Waals surface area contributed by atoms with Crippen LogP contribution in [0.5, 0.6) is 0 Å². The number of hydrogen-bond donors (Lipinski definition) is 4. The molecule has 0 bridgehead atoms. The molecular weight excluding hydrogens is 342 g/mol. The Morgan fingerprint density at radius 1 is 1.32 bits per heavy atom. The summed E-state index contributed by atoms with van der Waals surface area (Å²) >= 11 is 5.82. The summed E-state index contributed by atoms with van der Waals surface area (Å²) in [5.74, 6) is -0.323. The van der Waals surface area contributed by atoms with E-state index in [1.165, 1.54) is 23.8 Å². The molecule has 0 saturated carbocycles. The van der Waals surface area contributed by atoms with Gasteiger partial charge in [-0.15, -0.1) is 0 Å². The van der Waals surface area contributed by atoms with Crippen molar-refractivity contribution in [2.45, 2.75) is 13.3 Å². The van der Waals surface area contributed by atoms with Crippen molar-refractivity contribution in [3.63, 3.8) is 0 Å². The highest BCUT2D eigenvalue weighted by molar-refractivity contribution is 6.32. The number of aryl methyl sites for hydroxylation is 1. The molecule has 6 nitrogen and oxygen atoms in total. The lowest BCUT2D eigenvalue weighted by molar-refractivity contribution is -0.991. The number of aromatic nitrogens is 1. The summed E-state index contributed by atoms with van der Waals surface area (Å²) in [6.07, 6.45) is 0.682. The predicted molar refractivity (Wildman–Crippen MR) is 96.3 cm³/mol. The average molecular weight is 360 g/mol. The monoisotopic (exact) mass is 359 g/mol. The minimum atomic E-state index is -1.16. The molecular formula is C18H18ClN3O3. The second kappa shape index (κ2) is 7.25. The lowest BCUT2D eigenvalue weighted by atomic mass is 10.1. The van der Waals surface area contributed by atoms with E-state index in [2.05, 4.69) is 10.3 Å². The van der Waals surface area contributed by atoms with E-state index in [-0.39, 0.29) is 22.2 Å². The molecule has 1 unspecified atom stereocenters. The van der Waals surface area contributed by atoms with Crippen LogP contribution < -0.4 is 10.5 Å². The van der Waals surface area contributed by atoms with Crippen molar-refractivity contribution < 1.29 is 15.2 Å². The Morgan fingerprint density at radius 2 is 2.08 bits per heavy atom. The molecule has 3 aromatic rings. The smallest absolute Gasteiger partial charge is 0.251 e. The third-order valence-electron chi connectivity index (χ3n) is 4.15. The first-order valence-corrected chi connectivity index (χ1v) is 8.22. The average Bonchev–Trinajstić information content (AvgIpc) is 2.90. The molecule has 25 heavy (non-hydrogen) atoms. The number of H-pyrrole nitrogens is 1. The summed E-state index contributed by atoms with van der Waals surface area (Å²) in [6.45, 7) is 2.46. The molecule has 3 rings (SSSR count). The Kier molecular flexibility index (Phi) is 5.06. The summed E-state index contributed by atoms with van der Waals surface area (Å²) in [6, 6.07) is 12.3. The van der Waals surface area contributed by atoms with Crippen LogP contribution in [0.3, 0.4) is 0 Å². The van der Waals surface area contributed by atoms with Gasteiger partial charge in [-0.25, -0.2) is 5.21 Å². The first kappa shape index (κ1) is 17.4. The predicted octanol–water partition coefficient (Wildman–Crippen LogP) is 2.51. The number of quaternary nitrogens is 1. The summed E-state index contributed by atoms with van der Waals surface area (Å²) < 4.78 is 0. The molecule has 1 atom stereocenters. The molecule has 4 N–H and O–H groups in total. The fourth-order valence-corrected chi connectivity index (χ4v) is 3.09. The zero-order chi connectivity index (χ0) is 18.0. The van der Waals surface area contributed by atoms with Gasteiger partial charge in [0, 0.05) is 34.8 Å². The zero-order valence-corrected chi connectivity index (χ0v) is 14.4. The molecule has 1 amide bonds. The van der Waals surface area contributed by atoms with Crippen LogP contribution in [0.25, 0.3) is 10.9 Å². The molecule has 0 radical (unpaired) electrons. The Bertz CT molecular complexity index is 921. The van der Waals surface area contributed by atoms with Gasteiger partial charge in [0.15, 0.2) is 5.69 Å². The number of rotatable bonds is 5. The van der Waals surface area contributed by atoms with Crippen molar-refractivity contribution in [3.8, 4) is 0 Å². The van der Waals surface area contributed by atoms with Crippen LogP contribution in [0.4, 0.5) is 5.69 Å². The number of amides is 1. The third-order valence-corrected chi connectivity index (χ3v) is 4.48. The standard InChI is InChI=1S/C18H18ClN3O3/c1-11-13(14-4-2-3-5-16(14)21-11)8-9-20-18(23)12-6-7-15(19)17(10-12)22(24)25/h2-7,10,21-22,24H,8-9H2,1H3,(H,20,23). The van der Waals surface area contributed by atoms with Crippen LogP contribution in [0.2, 0.25) is 5.02 Å². The number of carbonyl (C=O) groups excluding carboxylic acids is 1. The molecule has 130 valence electrons. The van der Waals surface area contributed by atoms with Crippen LogP contribution in [0, 0.1) is 12.1 Å². The summed E-state index contributed by atoms with van der Waals surface area (Å²) in [5, 5.41) is 23.1. The highest BCUT2D eigenvalue weighted by atomic mass is 35.5. The largest absolute Gasteiger partial charge is 0.595 e. The molecule has 0 aliphatic heterocycles. The minimum Gasteiger partial charge on any atom is -0.595 e. The number of halogens is 1. The van der Waals surface area contributed by atoms with Gasteiger partial charge < -0.3 is 15.5 Å². The lowest BCUT2D eigenvalue weighted by Crippen LogP contribution is -2.99. The molecule has 1 heterocycles. The van der Waals surface area contributed by atoms with Gasteiger partial charge in [0.2, 0.25) is 0 Å². The van der Waals surface area contributed by atoms with E-state index >= 15 is 0 Å². The second-order valence-corrected chi connectivity index (χ2v) is 6.19. The quantitative estimate of drug-likeness (QED) is 0.527.